The van der Waals surface area contributed by atoms with Gasteiger partial charge in [0.05, 0.1) is 5.56 Å². The SMILES string of the molecule is CNCc1ccccc1Cc1ccc2[nH]cc(C(N)=O)c2c1. The summed E-state index contributed by atoms with van der Waals surface area (Å²) in [4.78, 5) is 14.6. The first-order valence-corrected chi connectivity index (χ1v) is 7.30. The van der Waals surface area contributed by atoms with E-state index in [1.54, 1.807) is 6.20 Å². The van der Waals surface area contributed by atoms with Gasteiger partial charge in [0.1, 0.15) is 0 Å². The van der Waals surface area contributed by atoms with Crippen LogP contribution in [0, 0.1) is 0 Å². The molecule has 0 atom stereocenters. The Morgan fingerprint density at radius 1 is 1.18 bits per heavy atom. The van der Waals surface area contributed by atoms with Crippen molar-refractivity contribution in [1.82, 2.24) is 10.3 Å². The Hall–Kier alpha value is -2.59. The van der Waals surface area contributed by atoms with Gasteiger partial charge in [0.2, 0.25) is 0 Å². The Balaban J connectivity index is 1.97. The van der Waals surface area contributed by atoms with Crippen molar-refractivity contribution in [2.24, 2.45) is 5.73 Å². The van der Waals surface area contributed by atoms with Crippen molar-refractivity contribution in [2.75, 3.05) is 7.05 Å². The van der Waals surface area contributed by atoms with E-state index in [0.29, 0.717) is 5.56 Å². The first-order chi connectivity index (χ1) is 10.7. The van der Waals surface area contributed by atoms with E-state index in [0.717, 1.165) is 29.4 Å². The summed E-state index contributed by atoms with van der Waals surface area (Å²) in [6.45, 7) is 0.842. The number of aromatic amines is 1. The Morgan fingerprint density at radius 2 is 1.95 bits per heavy atom. The molecule has 0 fully saturated rings. The van der Waals surface area contributed by atoms with Crippen LogP contribution in [0.1, 0.15) is 27.0 Å². The van der Waals surface area contributed by atoms with Crippen molar-refractivity contribution < 1.29 is 4.79 Å². The summed E-state index contributed by atoms with van der Waals surface area (Å²) in [5.74, 6) is -0.404. The molecular formula is C18H19N3O. The van der Waals surface area contributed by atoms with Gasteiger partial charge in [0, 0.05) is 23.6 Å². The molecule has 0 aliphatic heterocycles. The number of hydrogen-bond donors (Lipinski definition) is 3. The highest BCUT2D eigenvalue weighted by Gasteiger charge is 2.10. The fourth-order valence-corrected chi connectivity index (χ4v) is 2.79. The Kier molecular flexibility index (Phi) is 3.94. The maximum Gasteiger partial charge on any atom is 0.250 e. The zero-order valence-corrected chi connectivity index (χ0v) is 12.5. The molecule has 4 nitrogen and oxygen atoms in total. The van der Waals surface area contributed by atoms with Crippen LogP contribution in [-0.4, -0.2) is 17.9 Å². The van der Waals surface area contributed by atoms with Gasteiger partial charge in [-0.1, -0.05) is 30.3 Å². The smallest absolute Gasteiger partial charge is 0.250 e. The van der Waals surface area contributed by atoms with Gasteiger partial charge < -0.3 is 16.0 Å². The van der Waals surface area contributed by atoms with Gasteiger partial charge in [-0.15, -0.1) is 0 Å². The summed E-state index contributed by atoms with van der Waals surface area (Å²) in [5.41, 5.74) is 10.6. The zero-order valence-electron chi connectivity index (χ0n) is 12.5. The van der Waals surface area contributed by atoms with Gasteiger partial charge in [-0.05, 0) is 42.3 Å². The standard InChI is InChI=1S/C18H19N3O/c1-20-10-14-5-3-2-4-13(14)8-12-6-7-17-15(9-12)16(11-21-17)18(19)22/h2-7,9,11,20-21H,8,10H2,1H3,(H2,19,22). The van der Waals surface area contributed by atoms with E-state index < -0.39 is 5.91 Å². The molecule has 4 heteroatoms. The van der Waals surface area contributed by atoms with E-state index in [1.165, 1.54) is 11.1 Å². The van der Waals surface area contributed by atoms with E-state index in [2.05, 4.69) is 40.6 Å². The normalized spacial score (nSPS) is 11.0. The maximum absolute atomic E-state index is 11.5. The monoisotopic (exact) mass is 293 g/mol. The van der Waals surface area contributed by atoms with Crippen molar-refractivity contribution in [3.8, 4) is 0 Å². The van der Waals surface area contributed by atoms with Gasteiger partial charge >= 0.3 is 0 Å². The maximum atomic E-state index is 11.5. The third kappa shape index (κ3) is 2.73. The van der Waals surface area contributed by atoms with Crippen molar-refractivity contribution in [2.45, 2.75) is 13.0 Å². The minimum atomic E-state index is -0.404. The molecule has 1 amide bonds. The van der Waals surface area contributed by atoms with Crippen LogP contribution in [0.3, 0.4) is 0 Å². The summed E-state index contributed by atoms with van der Waals surface area (Å²) < 4.78 is 0. The molecular weight excluding hydrogens is 274 g/mol. The quantitative estimate of drug-likeness (QED) is 0.676. The molecule has 0 bridgehead atoms. The fraction of sp³-hybridized carbons (Fsp3) is 0.167. The van der Waals surface area contributed by atoms with E-state index in [1.807, 2.05) is 19.2 Å². The Bertz CT molecular complexity index is 820. The first kappa shape index (κ1) is 14.4. The predicted molar refractivity (Wildman–Crippen MR) is 88.8 cm³/mol. The second kappa shape index (κ2) is 6.03. The van der Waals surface area contributed by atoms with Crippen molar-refractivity contribution in [3.63, 3.8) is 0 Å². The Labute approximate surface area is 129 Å². The lowest BCUT2D eigenvalue weighted by Gasteiger charge is -2.09. The van der Waals surface area contributed by atoms with E-state index in [4.69, 9.17) is 5.73 Å². The average Bonchev–Trinajstić information content (AvgIpc) is 2.93. The third-order valence-corrected chi connectivity index (χ3v) is 3.89. The molecule has 0 spiro atoms. The molecule has 112 valence electrons. The number of hydrogen-bond acceptors (Lipinski definition) is 2. The molecule has 0 saturated heterocycles. The van der Waals surface area contributed by atoms with Crippen molar-refractivity contribution in [1.29, 1.82) is 0 Å². The molecule has 0 aliphatic carbocycles. The van der Waals surface area contributed by atoms with E-state index in [9.17, 15) is 4.79 Å². The van der Waals surface area contributed by atoms with Gasteiger partial charge in [0.15, 0.2) is 0 Å². The number of nitrogens with two attached hydrogens (primary N) is 1. The topological polar surface area (TPSA) is 70.9 Å². The van der Waals surface area contributed by atoms with Crippen LogP contribution in [-0.2, 0) is 13.0 Å². The summed E-state index contributed by atoms with van der Waals surface area (Å²) in [7, 11) is 1.95. The minimum absolute atomic E-state index is 0.404. The summed E-state index contributed by atoms with van der Waals surface area (Å²) in [6, 6.07) is 14.5. The van der Waals surface area contributed by atoms with Crippen molar-refractivity contribution >= 4 is 16.8 Å². The summed E-state index contributed by atoms with van der Waals surface area (Å²) in [5, 5.41) is 4.08. The third-order valence-electron chi connectivity index (χ3n) is 3.89. The van der Waals surface area contributed by atoms with Crippen LogP contribution in [0.15, 0.2) is 48.7 Å². The predicted octanol–water partition coefficient (Wildman–Crippen LogP) is 2.58. The van der Waals surface area contributed by atoms with Gasteiger partial charge in [-0.25, -0.2) is 0 Å². The Morgan fingerprint density at radius 3 is 2.68 bits per heavy atom. The molecule has 3 aromatic rings. The molecule has 1 heterocycles. The molecule has 0 saturated carbocycles. The number of rotatable bonds is 5. The zero-order chi connectivity index (χ0) is 15.5. The molecule has 0 radical (unpaired) electrons. The minimum Gasteiger partial charge on any atom is -0.366 e. The van der Waals surface area contributed by atoms with Gasteiger partial charge in [-0.2, -0.15) is 0 Å². The largest absolute Gasteiger partial charge is 0.366 e. The molecule has 0 aliphatic rings. The van der Waals surface area contributed by atoms with Crippen LogP contribution in [0.4, 0.5) is 0 Å². The molecule has 4 N–H and O–H groups in total. The highest BCUT2D eigenvalue weighted by Crippen LogP contribution is 2.22. The molecule has 3 rings (SSSR count). The van der Waals surface area contributed by atoms with Crippen LogP contribution in [0.2, 0.25) is 0 Å². The summed E-state index contributed by atoms with van der Waals surface area (Å²) in [6.07, 6.45) is 2.50. The number of benzene rings is 2. The van der Waals surface area contributed by atoms with Crippen LogP contribution in [0.5, 0.6) is 0 Å². The molecule has 1 aromatic heterocycles. The fourth-order valence-electron chi connectivity index (χ4n) is 2.79. The molecule has 2 aromatic carbocycles. The van der Waals surface area contributed by atoms with E-state index >= 15 is 0 Å². The number of aromatic nitrogens is 1. The number of fused-ring (bicyclic) bond motifs is 1. The highest BCUT2D eigenvalue weighted by atomic mass is 16.1. The number of primary amides is 1. The molecule has 0 unspecified atom stereocenters. The molecule has 22 heavy (non-hydrogen) atoms. The van der Waals surface area contributed by atoms with Gasteiger partial charge in [-0.3, -0.25) is 4.79 Å². The number of H-pyrrole nitrogens is 1. The van der Waals surface area contributed by atoms with Crippen LogP contribution in [0.25, 0.3) is 10.9 Å². The number of amides is 1. The second-order valence-corrected chi connectivity index (χ2v) is 5.42. The number of carbonyl (C=O) groups excluding carboxylic acids is 1. The highest BCUT2D eigenvalue weighted by molar-refractivity contribution is 6.06. The lowest BCUT2D eigenvalue weighted by atomic mass is 9.98. The first-order valence-electron chi connectivity index (χ1n) is 7.30. The lowest BCUT2D eigenvalue weighted by Crippen LogP contribution is -2.10. The van der Waals surface area contributed by atoms with Crippen LogP contribution < -0.4 is 11.1 Å². The second-order valence-electron chi connectivity index (χ2n) is 5.42. The van der Waals surface area contributed by atoms with Crippen LogP contribution >= 0.6 is 0 Å². The van der Waals surface area contributed by atoms with Crippen molar-refractivity contribution in [3.05, 3.63) is 70.9 Å². The average molecular weight is 293 g/mol. The number of nitrogens with one attached hydrogen (secondary N) is 2. The lowest BCUT2D eigenvalue weighted by molar-refractivity contribution is 0.100. The van der Waals surface area contributed by atoms with Gasteiger partial charge in [0.25, 0.3) is 5.91 Å². The number of carbonyl (C=O) groups is 1. The van der Waals surface area contributed by atoms with E-state index in [-0.39, 0.29) is 0 Å². The summed E-state index contributed by atoms with van der Waals surface area (Å²) >= 11 is 0.